The summed E-state index contributed by atoms with van der Waals surface area (Å²) >= 11 is 0. The molecule has 4 heteroatoms. The molecule has 0 aliphatic carbocycles. The second-order valence-electron chi connectivity index (χ2n) is 10.8. The summed E-state index contributed by atoms with van der Waals surface area (Å²) in [4.78, 5) is 2.31. The predicted molar refractivity (Wildman–Crippen MR) is 147 cm³/mol. The molecular weight excluding hydrogens is 432 g/mol. The zero-order valence-corrected chi connectivity index (χ0v) is 23.1. The van der Waals surface area contributed by atoms with E-state index < -0.39 is 5.72 Å². The molecule has 196 valence electrons. The maximum absolute atomic E-state index is 11.8. The monoisotopic (exact) mass is 483 g/mol. The molecule has 1 unspecified atom stereocenters. The van der Waals surface area contributed by atoms with Crippen molar-refractivity contribution < 1.29 is 14.4 Å². The highest BCUT2D eigenvalue weighted by atomic mass is 16.5. The van der Waals surface area contributed by atoms with Crippen LogP contribution in [0.4, 0.5) is 0 Å². The van der Waals surface area contributed by atoms with Crippen molar-refractivity contribution in [2.24, 2.45) is 0 Å². The van der Waals surface area contributed by atoms with Crippen molar-refractivity contribution >= 4 is 5.84 Å². The molecule has 35 heavy (non-hydrogen) atoms. The van der Waals surface area contributed by atoms with Gasteiger partial charge in [-0.3, -0.25) is 4.58 Å². The predicted octanol–water partition coefficient (Wildman–Crippen LogP) is 7.44. The van der Waals surface area contributed by atoms with Gasteiger partial charge in [-0.2, -0.15) is 0 Å². The first-order valence-electron chi connectivity index (χ1n) is 14.4. The fourth-order valence-corrected chi connectivity index (χ4v) is 5.91. The van der Waals surface area contributed by atoms with Crippen molar-refractivity contribution in [3.8, 4) is 5.75 Å². The van der Waals surface area contributed by atoms with E-state index in [9.17, 15) is 5.11 Å². The Balaban J connectivity index is 1.47. The molecular formula is C31H51N2O2+. The second-order valence-corrected chi connectivity index (χ2v) is 10.8. The summed E-state index contributed by atoms with van der Waals surface area (Å²) in [6.45, 7) is 9.48. The number of hydrogen-bond acceptors (Lipinski definition) is 3. The molecule has 0 radical (unpaired) electrons. The molecule has 2 heterocycles. The number of ether oxygens (including phenoxy) is 1. The number of nitrogens with zero attached hydrogens (tertiary/aromatic N) is 2. The minimum Gasteiger partial charge on any atom is -0.497 e. The van der Waals surface area contributed by atoms with Gasteiger partial charge in [-0.1, -0.05) is 89.7 Å². The van der Waals surface area contributed by atoms with Crippen molar-refractivity contribution in [2.75, 3.05) is 20.2 Å². The first-order chi connectivity index (χ1) is 17.0. The average molecular weight is 484 g/mol. The van der Waals surface area contributed by atoms with Crippen LogP contribution in [0.5, 0.6) is 5.75 Å². The Morgan fingerprint density at radius 3 is 2.03 bits per heavy atom. The smallest absolute Gasteiger partial charge is 0.277 e. The van der Waals surface area contributed by atoms with E-state index in [1.165, 1.54) is 87.6 Å². The van der Waals surface area contributed by atoms with Crippen LogP contribution in [-0.4, -0.2) is 46.3 Å². The SMILES string of the molecule is CCCCCCCCCCCCCCC1(O)C(C)=C(C)C2=[N+](Cc3ccc(OC)cc3)CCCN21. The largest absolute Gasteiger partial charge is 0.497 e. The zero-order chi connectivity index (χ0) is 25.1. The molecule has 2 aliphatic heterocycles. The number of fused-ring (bicyclic) bond motifs is 1. The highest BCUT2D eigenvalue weighted by Gasteiger charge is 2.53. The quantitative estimate of drug-likeness (QED) is 0.196. The van der Waals surface area contributed by atoms with Crippen LogP contribution >= 0.6 is 0 Å². The van der Waals surface area contributed by atoms with Crippen molar-refractivity contribution in [1.29, 1.82) is 0 Å². The van der Waals surface area contributed by atoms with Crippen molar-refractivity contribution in [1.82, 2.24) is 4.90 Å². The summed E-state index contributed by atoms with van der Waals surface area (Å²) in [5, 5.41) is 11.8. The number of amidine groups is 1. The van der Waals surface area contributed by atoms with Crippen LogP contribution in [0.15, 0.2) is 35.4 Å². The lowest BCUT2D eigenvalue weighted by molar-refractivity contribution is -0.554. The zero-order valence-electron chi connectivity index (χ0n) is 23.1. The van der Waals surface area contributed by atoms with Gasteiger partial charge >= 0.3 is 0 Å². The van der Waals surface area contributed by atoms with Gasteiger partial charge < -0.3 is 9.84 Å². The van der Waals surface area contributed by atoms with Gasteiger partial charge in [0.15, 0.2) is 0 Å². The summed E-state index contributed by atoms with van der Waals surface area (Å²) in [5.41, 5.74) is 2.88. The first-order valence-corrected chi connectivity index (χ1v) is 14.4. The average Bonchev–Trinajstić information content (AvgIpc) is 3.07. The Kier molecular flexibility index (Phi) is 11.2. The van der Waals surface area contributed by atoms with E-state index >= 15 is 0 Å². The molecule has 0 aromatic heterocycles. The molecule has 1 N–H and O–H groups in total. The number of aliphatic hydroxyl groups is 1. The summed E-state index contributed by atoms with van der Waals surface area (Å²) in [5.74, 6) is 2.14. The number of unbranched alkanes of at least 4 members (excludes halogenated alkanes) is 11. The lowest BCUT2D eigenvalue weighted by atomic mass is 9.96. The Labute approximate surface area is 215 Å². The second kappa shape index (κ2) is 14.1. The molecule has 0 saturated carbocycles. The summed E-state index contributed by atoms with van der Waals surface area (Å²) in [7, 11) is 1.71. The van der Waals surface area contributed by atoms with E-state index in [4.69, 9.17) is 4.74 Å². The molecule has 1 atom stereocenters. The molecule has 3 rings (SSSR count). The van der Waals surface area contributed by atoms with Crippen molar-refractivity contribution in [2.45, 2.75) is 123 Å². The molecule has 0 amide bonds. The molecule has 4 nitrogen and oxygen atoms in total. The Bertz CT molecular complexity index is 842. The normalized spacial score (nSPS) is 20.1. The third-order valence-electron chi connectivity index (χ3n) is 8.22. The van der Waals surface area contributed by atoms with E-state index in [0.29, 0.717) is 0 Å². The highest BCUT2D eigenvalue weighted by Crippen LogP contribution is 2.39. The van der Waals surface area contributed by atoms with E-state index in [-0.39, 0.29) is 0 Å². The van der Waals surface area contributed by atoms with E-state index in [0.717, 1.165) is 50.2 Å². The van der Waals surface area contributed by atoms with Gasteiger partial charge in [-0.15, -0.1) is 0 Å². The Morgan fingerprint density at radius 1 is 0.886 bits per heavy atom. The van der Waals surface area contributed by atoms with Gasteiger partial charge in [0.1, 0.15) is 12.3 Å². The van der Waals surface area contributed by atoms with Gasteiger partial charge in [0.05, 0.1) is 20.2 Å². The van der Waals surface area contributed by atoms with Crippen LogP contribution in [0.2, 0.25) is 0 Å². The highest BCUT2D eigenvalue weighted by molar-refractivity contribution is 5.98. The molecule has 1 aromatic rings. The van der Waals surface area contributed by atoms with Crippen LogP contribution in [-0.2, 0) is 6.54 Å². The number of rotatable bonds is 16. The van der Waals surface area contributed by atoms with Crippen LogP contribution in [0.3, 0.4) is 0 Å². The number of methoxy groups -OCH3 is 1. The Hall–Kier alpha value is -1.81. The molecule has 0 fully saturated rings. The lowest BCUT2D eigenvalue weighted by Crippen LogP contribution is -2.53. The van der Waals surface area contributed by atoms with Gasteiger partial charge in [-0.05, 0) is 38.0 Å². The van der Waals surface area contributed by atoms with Crippen LogP contribution < -0.4 is 4.74 Å². The van der Waals surface area contributed by atoms with Gasteiger partial charge in [0.2, 0.25) is 5.72 Å². The van der Waals surface area contributed by atoms with Gasteiger partial charge in [0, 0.05) is 24.0 Å². The molecule has 0 bridgehead atoms. The maximum Gasteiger partial charge on any atom is 0.277 e. The fourth-order valence-electron chi connectivity index (χ4n) is 5.91. The topological polar surface area (TPSA) is 35.7 Å². The third kappa shape index (κ3) is 7.35. The molecule has 2 aliphatic rings. The lowest BCUT2D eigenvalue weighted by Gasteiger charge is -2.34. The van der Waals surface area contributed by atoms with Crippen molar-refractivity contribution in [3.63, 3.8) is 0 Å². The van der Waals surface area contributed by atoms with Crippen LogP contribution in [0.25, 0.3) is 0 Å². The maximum atomic E-state index is 11.8. The minimum absolute atomic E-state index is 0.809. The van der Waals surface area contributed by atoms with Crippen LogP contribution in [0, 0.1) is 0 Å². The molecule has 0 saturated heterocycles. The number of hydrogen-bond donors (Lipinski definition) is 1. The summed E-state index contributed by atoms with van der Waals surface area (Å²) in [6.07, 6.45) is 18.1. The van der Waals surface area contributed by atoms with Crippen LogP contribution in [0.1, 0.15) is 116 Å². The van der Waals surface area contributed by atoms with E-state index in [1.807, 2.05) is 12.1 Å². The standard InChI is InChI=1S/C31H51N2O2/c1-5-6-7-8-9-10-11-12-13-14-15-16-22-31(34)27(3)26(2)30-32(23-17-24-33(30)31)25-28-18-20-29(35-4)21-19-28/h18-21,34H,5-17,22-25H2,1-4H3/q+1. The Morgan fingerprint density at radius 2 is 1.46 bits per heavy atom. The number of benzene rings is 1. The van der Waals surface area contributed by atoms with E-state index in [2.05, 4.69) is 42.4 Å². The van der Waals surface area contributed by atoms with Crippen molar-refractivity contribution in [3.05, 3.63) is 41.0 Å². The van der Waals surface area contributed by atoms with Gasteiger partial charge in [-0.25, -0.2) is 4.90 Å². The summed E-state index contributed by atoms with van der Waals surface area (Å²) < 4.78 is 7.78. The molecule has 0 spiro atoms. The minimum atomic E-state index is -0.809. The van der Waals surface area contributed by atoms with E-state index in [1.54, 1.807) is 7.11 Å². The van der Waals surface area contributed by atoms with Gasteiger partial charge in [0.25, 0.3) is 5.84 Å². The third-order valence-corrected chi connectivity index (χ3v) is 8.22. The fraction of sp³-hybridized carbons (Fsp3) is 0.710. The first kappa shape index (κ1) is 27.8. The summed E-state index contributed by atoms with van der Waals surface area (Å²) in [6, 6.07) is 8.37. The molecule has 1 aromatic carbocycles.